The summed E-state index contributed by atoms with van der Waals surface area (Å²) in [6.45, 7) is -1.44. The van der Waals surface area contributed by atoms with Gasteiger partial charge in [0.15, 0.2) is 13.2 Å². The van der Waals surface area contributed by atoms with E-state index in [9.17, 15) is 37.2 Å². The zero-order valence-corrected chi connectivity index (χ0v) is 25.3. The van der Waals surface area contributed by atoms with Crippen LogP contribution >= 0.6 is 23.2 Å². The van der Waals surface area contributed by atoms with Crippen LogP contribution in [0.4, 0.5) is 0 Å². The Hall–Kier alpha value is -4.39. The highest BCUT2D eigenvalue weighted by atomic mass is 35.5. The molecule has 0 saturated carbocycles. The Balaban J connectivity index is 1.51. The van der Waals surface area contributed by atoms with Gasteiger partial charge in [-0.15, -0.1) is 0 Å². The minimum absolute atomic E-state index is 0.0726. The Morgan fingerprint density at radius 1 is 0.773 bits per heavy atom. The lowest BCUT2D eigenvalue weighted by Crippen LogP contribution is -2.46. The van der Waals surface area contributed by atoms with Crippen LogP contribution in [0.3, 0.4) is 0 Å². The van der Waals surface area contributed by atoms with Crippen LogP contribution in [0.25, 0.3) is 0 Å². The summed E-state index contributed by atoms with van der Waals surface area (Å²) in [5.41, 5.74) is -0.371. The van der Waals surface area contributed by atoms with E-state index in [1.54, 1.807) is 24.3 Å². The van der Waals surface area contributed by atoms with Crippen LogP contribution in [-0.4, -0.2) is 79.9 Å². The molecule has 0 fully saturated rings. The Bertz CT molecular complexity index is 1800. The van der Waals surface area contributed by atoms with E-state index in [0.29, 0.717) is 4.90 Å². The number of sulfone groups is 1. The van der Waals surface area contributed by atoms with Crippen LogP contribution in [0.1, 0.15) is 58.2 Å². The Morgan fingerprint density at radius 3 is 1.84 bits per heavy atom. The van der Waals surface area contributed by atoms with Gasteiger partial charge < -0.3 is 9.47 Å². The van der Waals surface area contributed by atoms with Crippen molar-refractivity contribution in [2.45, 2.75) is 12.5 Å². The van der Waals surface area contributed by atoms with E-state index < -0.39 is 76.6 Å². The van der Waals surface area contributed by atoms with Gasteiger partial charge in [-0.3, -0.25) is 24.1 Å². The molecule has 3 aromatic rings. The monoisotopic (exact) mass is 659 g/mol. The summed E-state index contributed by atoms with van der Waals surface area (Å²) in [5, 5.41) is 0.289. The molecule has 1 aliphatic rings. The number of nitrogens with zero attached hydrogens (tertiary/aromatic N) is 1. The normalized spacial score (nSPS) is 13.3. The summed E-state index contributed by atoms with van der Waals surface area (Å²) in [7, 11) is -3.66. The Morgan fingerprint density at radius 2 is 1.30 bits per heavy atom. The molecule has 44 heavy (non-hydrogen) atoms. The molecule has 14 heteroatoms. The molecule has 3 aromatic carbocycles. The highest BCUT2D eigenvalue weighted by Crippen LogP contribution is 2.28. The largest absolute Gasteiger partial charge is 0.456 e. The van der Waals surface area contributed by atoms with Crippen LogP contribution in [0.15, 0.2) is 66.7 Å². The Labute approximate surface area is 261 Å². The number of carbonyl (C=O) groups is 6. The van der Waals surface area contributed by atoms with Crippen LogP contribution in [0.5, 0.6) is 0 Å². The predicted octanol–water partition coefficient (Wildman–Crippen LogP) is 3.86. The van der Waals surface area contributed by atoms with Crippen molar-refractivity contribution < 1.29 is 46.7 Å². The molecule has 1 aliphatic heterocycles. The molecule has 2 amide bonds. The van der Waals surface area contributed by atoms with Gasteiger partial charge in [-0.1, -0.05) is 47.5 Å². The van der Waals surface area contributed by atoms with Gasteiger partial charge in [0.05, 0.1) is 32.5 Å². The molecular weight excluding hydrogens is 637 g/mol. The third-order valence-corrected chi connectivity index (χ3v) is 8.16. The summed E-state index contributed by atoms with van der Waals surface area (Å²) in [4.78, 5) is 77.9. The second-order valence-electron chi connectivity index (χ2n) is 9.66. The molecule has 4 rings (SSSR count). The first-order valence-corrected chi connectivity index (χ1v) is 15.7. The van der Waals surface area contributed by atoms with Gasteiger partial charge in [0.1, 0.15) is 15.9 Å². The van der Waals surface area contributed by atoms with E-state index >= 15 is 0 Å². The lowest BCUT2D eigenvalue weighted by atomic mass is 10.1. The average molecular weight is 660 g/mol. The molecule has 11 nitrogen and oxygen atoms in total. The van der Waals surface area contributed by atoms with E-state index in [-0.39, 0.29) is 37.9 Å². The maximum Gasteiger partial charge on any atom is 0.338 e. The number of carbonyl (C=O) groups excluding carboxylic acids is 6. The summed E-state index contributed by atoms with van der Waals surface area (Å²) >= 11 is 12.0. The van der Waals surface area contributed by atoms with Gasteiger partial charge in [0, 0.05) is 17.4 Å². The molecule has 0 radical (unpaired) electrons. The van der Waals surface area contributed by atoms with Crippen molar-refractivity contribution in [1.29, 1.82) is 0 Å². The number of fused-ring (bicyclic) bond motifs is 1. The molecule has 228 valence electrons. The number of Topliss-reactive ketones (excluding diaryl/α,β-unsaturated/α-hetero) is 2. The second-order valence-corrected chi connectivity index (χ2v) is 12.7. The lowest BCUT2D eigenvalue weighted by molar-refractivity contribution is -0.147. The van der Waals surface area contributed by atoms with E-state index in [4.69, 9.17) is 32.7 Å². The number of rotatable bonds is 12. The van der Waals surface area contributed by atoms with Gasteiger partial charge in [0.2, 0.25) is 11.6 Å². The zero-order valence-electron chi connectivity index (χ0n) is 23.0. The van der Waals surface area contributed by atoms with Crippen LogP contribution in [0, 0.1) is 0 Å². The SMILES string of the molecule is CS(=O)(=O)CC[C@H](C(=O)OCC(=O)c1ccccc1Cl)N1C(=O)c2ccc(C(=O)OCC(=O)c3ccccc3Cl)cc2C1=O. The number of esters is 2. The number of hydrogen-bond acceptors (Lipinski definition) is 10. The number of halogens is 2. The third-order valence-electron chi connectivity index (χ3n) is 6.53. The van der Waals surface area contributed by atoms with Crippen LogP contribution in [-0.2, 0) is 24.1 Å². The van der Waals surface area contributed by atoms with E-state index in [0.717, 1.165) is 12.3 Å². The number of ketones is 2. The molecule has 0 N–H and O–H groups in total. The van der Waals surface area contributed by atoms with E-state index in [2.05, 4.69) is 0 Å². The highest BCUT2D eigenvalue weighted by Gasteiger charge is 2.44. The van der Waals surface area contributed by atoms with E-state index in [1.807, 2.05) is 0 Å². The van der Waals surface area contributed by atoms with Gasteiger partial charge in [0.25, 0.3) is 11.8 Å². The van der Waals surface area contributed by atoms with Crippen molar-refractivity contribution >= 4 is 68.4 Å². The first-order chi connectivity index (χ1) is 20.8. The quantitative estimate of drug-likeness (QED) is 0.159. The lowest BCUT2D eigenvalue weighted by Gasteiger charge is -2.24. The van der Waals surface area contributed by atoms with Gasteiger partial charge in [-0.05, 0) is 48.9 Å². The molecule has 0 unspecified atom stereocenters. The average Bonchev–Trinajstić information content (AvgIpc) is 3.23. The number of ether oxygens (including phenoxy) is 2. The maximum atomic E-state index is 13.4. The fourth-order valence-corrected chi connectivity index (χ4v) is 5.46. The minimum Gasteiger partial charge on any atom is -0.456 e. The third kappa shape index (κ3) is 7.39. The smallest absolute Gasteiger partial charge is 0.338 e. The molecular formula is C30H23Cl2NO10S. The van der Waals surface area contributed by atoms with Crippen molar-refractivity contribution in [2.24, 2.45) is 0 Å². The van der Waals surface area contributed by atoms with Crippen molar-refractivity contribution in [3.63, 3.8) is 0 Å². The molecule has 0 aliphatic carbocycles. The number of hydrogen-bond donors (Lipinski definition) is 0. The molecule has 0 aromatic heterocycles. The van der Waals surface area contributed by atoms with Crippen molar-refractivity contribution in [3.05, 3.63) is 105 Å². The highest BCUT2D eigenvalue weighted by molar-refractivity contribution is 7.90. The molecule has 0 bridgehead atoms. The van der Waals surface area contributed by atoms with Crippen molar-refractivity contribution in [1.82, 2.24) is 4.90 Å². The Kier molecular flexibility index (Phi) is 9.98. The van der Waals surface area contributed by atoms with Crippen LogP contribution in [0.2, 0.25) is 10.0 Å². The maximum absolute atomic E-state index is 13.4. The zero-order chi connectivity index (χ0) is 32.2. The number of amides is 2. The van der Waals surface area contributed by atoms with Crippen molar-refractivity contribution in [2.75, 3.05) is 25.2 Å². The molecule has 0 spiro atoms. The second kappa shape index (κ2) is 13.5. The molecule has 0 saturated heterocycles. The van der Waals surface area contributed by atoms with Gasteiger partial charge >= 0.3 is 11.9 Å². The first-order valence-electron chi connectivity index (χ1n) is 12.9. The predicted molar refractivity (Wildman–Crippen MR) is 158 cm³/mol. The van der Waals surface area contributed by atoms with Gasteiger partial charge in [-0.2, -0.15) is 0 Å². The number of benzene rings is 3. The minimum atomic E-state index is -3.66. The first kappa shape index (κ1) is 32.5. The number of imide groups is 1. The summed E-state index contributed by atoms with van der Waals surface area (Å²) < 4.78 is 34.0. The summed E-state index contributed by atoms with van der Waals surface area (Å²) in [6.07, 6.45) is 0.398. The van der Waals surface area contributed by atoms with E-state index in [1.165, 1.54) is 36.4 Å². The molecule has 1 heterocycles. The summed E-state index contributed by atoms with van der Waals surface area (Å²) in [5.74, 6) is -5.92. The fourth-order valence-electron chi connectivity index (χ4n) is 4.33. The standard InChI is InChI=1S/C30H23Cl2NO10S/c1-44(40,41)13-12-24(30(39)43-16-26(35)20-7-3-5-9-23(20)32)33-27(36)18-11-10-17(14-21(18)28(33)37)29(38)42-15-25(34)19-6-2-4-8-22(19)31/h2-11,14,24H,12-13,15-16H2,1H3/t24-/m1/s1. The fraction of sp³-hybridized carbons (Fsp3) is 0.200. The van der Waals surface area contributed by atoms with Gasteiger partial charge in [-0.25, -0.2) is 18.0 Å². The summed E-state index contributed by atoms with van der Waals surface area (Å²) in [6, 6.07) is 13.9. The van der Waals surface area contributed by atoms with Crippen LogP contribution < -0.4 is 0 Å². The topological polar surface area (TPSA) is 158 Å². The van der Waals surface area contributed by atoms with Crippen molar-refractivity contribution in [3.8, 4) is 0 Å². The molecule has 1 atom stereocenters.